The van der Waals surface area contributed by atoms with E-state index >= 15 is 0 Å². The minimum Gasteiger partial charge on any atom is -0.455 e. The first-order valence-corrected chi connectivity index (χ1v) is 22.9. The van der Waals surface area contributed by atoms with Crippen molar-refractivity contribution in [2.45, 2.75) is 95.7 Å². The average molecular weight is 867 g/mol. The van der Waals surface area contributed by atoms with Gasteiger partial charge in [-0.25, -0.2) is 0 Å². The average Bonchev–Trinajstić information content (AvgIpc) is 4.01. The number of nitriles is 1. The molecule has 0 atom stereocenters. The largest absolute Gasteiger partial charge is 0.455 e. The van der Waals surface area contributed by atoms with E-state index in [4.69, 9.17) is 20.7 Å². The van der Waals surface area contributed by atoms with Gasteiger partial charge < -0.3 is 4.42 Å². The van der Waals surface area contributed by atoms with E-state index in [0.29, 0.717) is 53.5 Å². The van der Waals surface area contributed by atoms with Gasteiger partial charge >= 0.3 is 0 Å². The van der Waals surface area contributed by atoms with Crippen molar-refractivity contribution in [2.24, 2.45) is 0 Å². The van der Waals surface area contributed by atoms with Gasteiger partial charge in [-0.15, -0.1) is 0 Å². The molecule has 0 spiro atoms. The Balaban J connectivity index is 1.06. The maximum Gasteiger partial charge on any atom is 0.144 e. The molecule has 4 aromatic heterocycles. The monoisotopic (exact) mass is 866 g/mol. The summed E-state index contributed by atoms with van der Waals surface area (Å²) >= 11 is 0. The van der Waals surface area contributed by atoms with Crippen LogP contribution >= 0.6 is 0 Å². The van der Waals surface area contributed by atoms with E-state index in [1.807, 2.05) is 116 Å². The lowest BCUT2D eigenvalue weighted by Crippen LogP contribution is -2.23. The van der Waals surface area contributed by atoms with Crippen molar-refractivity contribution in [3.05, 3.63) is 209 Å². The number of aromatic nitrogens is 3. The van der Waals surface area contributed by atoms with E-state index in [1.54, 1.807) is 18.2 Å². The van der Waals surface area contributed by atoms with Gasteiger partial charge in [0.1, 0.15) is 11.2 Å². The van der Waals surface area contributed by atoms with Crippen LogP contribution < -0.4 is 0 Å². The van der Waals surface area contributed by atoms with Crippen molar-refractivity contribution in [1.29, 1.82) is 5.26 Å². The second-order valence-electron chi connectivity index (χ2n) is 18.9. The zero-order valence-corrected chi connectivity index (χ0v) is 38.0. The van der Waals surface area contributed by atoms with E-state index in [2.05, 4.69) is 52.0 Å². The fraction of sp³-hybridized carbons (Fsp3) is 0.246. The number of hydrogen-bond acceptors (Lipinski definition) is 5. The molecular weight excluding hydrogens is 805 g/mol. The van der Waals surface area contributed by atoms with Gasteiger partial charge in [-0.1, -0.05) is 144 Å². The van der Waals surface area contributed by atoms with Crippen LogP contribution in [0.3, 0.4) is 0 Å². The Hall–Kier alpha value is -7.16. The summed E-state index contributed by atoms with van der Waals surface area (Å²) in [6.07, 6.45) is 3.62. The molecule has 0 bridgehead atoms. The first-order valence-electron chi connectivity index (χ1n) is 25.9. The van der Waals surface area contributed by atoms with Crippen LogP contribution in [0.2, 0.25) is 0 Å². The standard InChI is InChI=1S/C61H56N4O/c1-60(2,49-25-28-55(64-39-49)46-16-7-5-8-17-46)35-43-30-41(31-44(32-43)36-61(3,4)50-26-29-56(65-40-50)47-18-9-6-10-19-47)22-24-48-38-63-57(34-54(48)45-14-11-12-15-45)53-21-13-20-52-51-27-23-42(37-62)33-58(51)66-59(52)53/h5-10,13,16-21,23,25-34,38-40,45H,11-12,14-15,22,24,35-36H2,1-4H3/i22D2,24D2,33D,45D. The Morgan fingerprint density at radius 3 is 1.80 bits per heavy atom. The summed E-state index contributed by atoms with van der Waals surface area (Å²) < 4.78 is 64.8. The number of benzene rings is 5. The number of fused-ring (bicyclic) bond motifs is 3. The molecule has 1 fully saturated rings. The van der Waals surface area contributed by atoms with Gasteiger partial charge in [0, 0.05) is 52.9 Å². The zero-order valence-electron chi connectivity index (χ0n) is 44.0. The predicted octanol–water partition coefficient (Wildman–Crippen LogP) is 15.1. The van der Waals surface area contributed by atoms with Crippen LogP contribution in [0.25, 0.3) is 55.7 Å². The molecule has 0 aliphatic heterocycles. The first kappa shape index (κ1) is 36.1. The highest BCUT2D eigenvalue weighted by Gasteiger charge is 2.27. The summed E-state index contributed by atoms with van der Waals surface area (Å²) in [6, 6.07) is 47.0. The third kappa shape index (κ3) is 8.93. The van der Waals surface area contributed by atoms with Crippen molar-refractivity contribution in [1.82, 2.24) is 15.0 Å². The highest BCUT2D eigenvalue weighted by atomic mass is 16.3. The van der Waals surface area contributed by atoms with Crippen LogP contribution in [0.1, 0.15) is 112 Å². The van der Waals surface area contributed by atoms with Crippen molar-refractivity contribution in [3.8, 4) is 39.8 Å². The molecule has 0 amide bonds. The molecule has 4 heterocycles. The molecule has 326 valence electrons. The summed E-state index contributed by atoms with van der Waals surface area (Å²) in [5.41, 5.74) is 9.36. The van der Waals surface area contributed by atoms with E-state index in [1.165, 1.54) is 6.20 Å². The lowest BCUT2D eigenvalue weighted by molar-refractivity contribution is 0.512. The van der Waals surface area contributed by atoms with Gasteiger partial charge in [0.2, 0.25) is 0 Å². The second kappa shape index (κ2) is 18.0. The Kier molecular flexibility index (Phi) is 9.86. The molecule has 10 rings (SSSR count). The Labute approximate surface area is 397 Å². The Bertz CT molecular complexity index is 3390. The van der Waals surface area contributed by atoms with Crippen molar-refractivity contribution >= 4 is 21.9 Å². The first-order chi connectivity index (χ1) is 34.4. The quantitative estimate of drug-likeness (QED) is 0.115. The fourth-order valence-electron chi connectivity index (χ4n) is 9.61. The molecule has 1 aliphatic carbocycles. The molecule has 5 nitrogen and oxygen atoms in total. The molecule has 0 N–H and O–H groups in total. The van der Waals surface area contributed by atoms with Gasteiger partial charge in [-0.3, -0.25) is 15.0 Å². The highest BCUT2D eigenvalue weighted by molar-refractivity contribution is 6.09. The normalized spacial score (nSPS) is 15.6. The van der Waals surface area contributed by atoms with E-state index in [-0.39, 0.29) is 28.3 Å². The van der Waals surface area contributed by atoms with Crippen LogP contribution in [-0.2, 0) is 36.4 Å². The Morgan fingerprint density at radius 2 is 1.23 bits per heavy atom. The lowest BCUT2D eigenvalue weighted by Gasteiger charge is -2.28. The topological polar surface area (TPSA) is 75.6 Å². The van der Waals surface area contributed by atoms with Crippen LogP contribution in [-0.4, -0.2) is 15.0 Å². The summed E-state index contributed by atoms with van der Waals surface area (Å²) in [5, 5.41) is 11.1. The number of pyridine rings is 3. The van der Waals surface area contributed by atoms with Crippen molar-refractivity contribution < 1.29 is 12.6 Å². The fourth-order valence-corrected chi connectivity index (χ4v) is 9.61. The second-order valence-corrected chi connectivity index (χ2v) is 18.9. The van der Waals surface area contributed by atoms with Crippen molar-refractivity contribution in [2.75, 3.05) is 0 Å². The minimum atomic E-state index is -2.65. The van der Waals surface area contributed by atoms with Crippen molar-refractivity contribution in [3.63, 3.8) is 0 Å². The molecule has 5 aromatic carbocycles. The number of para-hydroxylation sites is 1. The molecule has 5 heteroatoms. The molecule has 66 heavy (non-hydrogen) atoms. The summed E-state index contributed by atoms with van der Waals surface area (Å²) in [7, 11) is 0. The molecule has 0 unspecified atom stereocenters. The number of furan rings is 1. The predicted molar refractivity (Wildman–Crippen MR) is 270 cm³/mol. The lowest BCUT2D eigenvalue weighted by atomic mass is 9.77. The maximum absolute atomic E-state index is 10.0. The smallest absolute Gasteiger partial charge is 0.144 e. The van der Waals surface area contributed by atoms with Crippen LogP contribution in [0.4, 0.5) is 0 Å². The number of aryl methyl sites for hydroxylation is 2. The SMILES string of the molecule is [2H]c1c(C#N)ccc2c1oc1c(-c3cc(C4([2H])CCCC4)c(C([2H])([2H])C([2H])([2H])c4cc(CC(C)(C)c5ccc(-c6ccccc6)nc5)cc(CC(C)(C)c5ccc(-c6ccccc6)nc5)c4)cn3)cccc12. The van der Waals surface area contributed by atoms with Gasteiger partial charge in [0.05, 0.1) is 30.1 Å². The zero-order chi connectivity index (χ0) is 50.6. The van der Waals surface area contributed by atoms with Gasteiger partial charge in [0.15, 0.2) is 0 Å². The number of rotatable bonds is 13. The molecule has 0 saturated heterocycles. The summed E-state index contributed by atoms with van der Waals surface area (Å²) in [4.78, 5) is 14.6. The number of nitrogens with zero attached hydrogens (tertiary/aromatic N) is 4. The molecule has 9 aromatic rings. The van der Waals surface area contributed by atoms with E-state index in [0.717, 1.165) is 63.0 Å². The van der Waals surface area contributed by atoms with E-state index < -0.39 is 29.5 Å². The van der Waals surface area contributed by atoms with E-state index in [9.17, 15) is 12.1 Å². The number of hydrogen-bond donors (Lipinski definition) is 0. The van der Waals surface area contributed by atoms with Gasteiger partial charge in [0.25, 0.3) is 0 Å². The molecule has 1 aliphatic rings. The summed E-state index contributed by atoms with van der Waals surface area (Å²) in [6.45, 7) is 8.64. The van der Waals surface area contributed by atoms with Gasteiger partial charge in [-0.2, -0.15) is 5.26 Å². The molecule has 1 saturated carbocycles. The molecule has 0 radical (unpaired) electrons. The highest BCUT2D eigenvalue weighted by Crippen LogP contribution is 2.41. The van der Waals surface area contributed by atoms with Crippen LogP contribution in [0.5, 0.6) is 0 Å². The Morgan fingerprint density at radius 1 is 0.636 bits per heavy atom. The third-order valence-corrected chi connectivity index (χ3v) is 13.2. The minimum absolute atomic E-state index is 0.00371. The van der Waals surface area contributed by atoms with Gasteiger partial charge in [-0.05, 0) is 137 Å². The van der Waals surface area contributed by atoms with Crippen LogP contribution in [0, 0.1) is 11.3 Å². The maximum atomic E-state index is 10.0. The third-order valence-electron chi connectivity index (χ3n) is 13.2. The molecular formula is C61H56N4O. The summed E-state index contributed by atoms with van der Waals surface area (Å²) in [5.74, 6) is -1.19. The van der Waals surface area contributed by atoms with Crippen LogP contribution in [0.15, 0.2) is 169 Å².